The van der Waals surface area contributed by atoms with Crippen LogP contribution >= 0.6 is 0 Å². The molecule has 0 radical (unpaired) electrons. The summed E-state index contributed by atoms with van der Waals surface area (Å²) in [4.78, 5) is 20.2. The molecule has 0 spiro atoms. The monoisotopic (exact) mass is 534 g/mol. The highest BCUT2D eigenvalue weighted by molar-refractivity contribution is 5.84. The van der Waals surface area contributed by atoms with Crippen molar-refractivity contribution in [2.75, 3.05) is 6.61 Å². The van der Waals surface area contributed by atoms with Crippen molar-refractivity contribution in [3.8, 4) is 0 Å². The molecule has 0 aromatic rings. The van der Waals surface area contributed by atoms with Crippen LogP contribution in [-0.2, 0) is 14.3 Å². The minimum absolute atomic E-state index is 0.176. The molecule has 0 rings (SSSR count). The fourth-order valence-corrected chi connectivity index (χ4v) is 1.52. The van der Waals surface area contributed by atoms with Crippen LogP contribution in [0.15, 0.2) is 24.8 Å². The van der Waals surface area contributed by atoms with Gasteiger partial charge in [-0.1, -0.05) is 13.2 Å². The van der Waals surface area contributed by atoms with E-state index in [0.717, 1.165) is 0 Å². The van der Waals surface area contributed by atoms with E-state index in [1.165, 1.54) is 6.92 Å². The lowest BCUT2D eigenvalue weighted by Gasteiger charge is -2.40. The van der Waals surface area contributed by atoms with Gasteiger partial charge in [-0.15, -0.1) is 0 Å². The number of carboxylic acid groups (broad SMARTS) is 1. The molecule has 0 heterocycles. The van der Waals surface area contributed by atoms with Crippen molar-refractivity contribution in [2.24, 2.45) is 0 Å². The van der Waals surface area contributed by atoms with Crippen LogP contribution in [0.4, 0.5) is 57.1 Å². The average molecular weight is 534 g/mol. The molecular weight excluding hydrogens is 519 g/mol. The number of hydrogen-bond donors (Lipinski definition) is 2. The summed E-state index contributed by atoms with van der Waals surface area (Å²) in [6.07, 6.45) is -12.9. The molecular formula is C16H15F13O5. The third kappa shape index (κ3) is 6.99. The molecule has 18 heteroatoms. The second-order valence-corrected chi connectivity index (χ2v) is 6.28. The molecule has 0 bridgehead atoms. The SMILES string of the molecule is C=C(C)C(=O)O.C=CC(=O)OCC(O)CC(F)(F)C(F)(F)C(F)(F)C(F)(F)C(F)(F)C(F)(F)F. The quantitative estimate of drug-likeness (QED) is 0.238. The molecule has 0 amide bonds. The van der Waals surface area contributed by atoms with Gasteiger partial charge < -0.3 is 14.9 Å². The molecule has 0 aliphatic carbocycles. The van der Waals surface area contributed by atoms with E-state index in [0.29, 0.717) is 6.08 Å². The predicted octanol–water partition coefficient (Wildman–Crippen LogP) is 4.85. The van der Waals surface area contributed by atoms with Gasteiger partial charge in [-0.3, -0.25) is 0 Å². The molecule has 0 aromatic carbocycles. The Kier molecular flexibility index (Phi) is 10.7. The molecule has 34 heavy (non-hydrogen) atoms. The summed E-state index contributed by atoms with van der Waals surface area (Å²) in [5.41, 5.74) is 0.176. The summed E-state index contributed by atoms with van der Waals surface area (Å²) in [6.45, 7) is 5.81. The van der Waals surface area contributed by atoms with Crippen LogP contribution < -0.4 is 0 Å². The Morgan fingerprint density at radius 2 is 1.21 bits per heavy atom. The zero-order valence-electron chi connectivity index (χ0n) is 16.5. The van der Waals surface area contributed by atoms with Crippen LogP contribution in [0.1, 0.15) is 13.3 Å². The fourth-order valence-electron chi connectivity index (χ4n) is 1.52. The summed E-state index contributed by atoms with van der Waals surface area (Å²) < 4.78 is 170. The van der Waals surface area contributed by atoms with Gasteiger partial charge in [0.2, 0.25) is 0 Å². The number of alkyl halides is 13. The second kappa shape index (κ2) is 10.8. The number of esters is 1. The summed E-state index contributed by atoms with van der Waals surface area (Å²) >= 11 is 0. The third-order valence-corrected chi connectivity index (χ3v) is 3.44. The Morgan fingerprint density at radius 1 is 0.853 bits per heavy atom. The maximum atomic E-state index is 13.4. The molecule has 200 valence electrons. The summed E-state index contributed by atoms with van der Waals surface area (Å²) in [5.74, 6) is -40.1. The van der Waals surface area contributed by atoms with Gasteiger partial charge in [0, 0.05) is 18.1 Å². The number of aliphatic hydroxyl groups excluding tert-OH is 1. The summed E-state index contributed by atoms with van der Waals surface area (Å²) in [5, 5.41) is 16.9. The van der Waals surface area contributed by atoms with E-state index in [2.05, 4.69) is 17.9 Å². The van der Waals surface area contributed by atoms with Crippen molar-refractivity contribution in [1.82, 2.24) is 0 Å². The van der Waals surface area contributed by atoms with Crippen LogP contribution in [0.25, 0.3) is 0 Å². The number of rotatable bonds is 10. The molecule has 0 aliphatic heterocycles. The minimum atomic E-state index is -8.01. The number of carboxylic acids is 1. The van der Waals surface area contributed by atoms with Gasteiger partial charge >= 0.3 is 47.7 Å². The molecule has 0 aromatic heterocycles. The Bertz CT molecular complexity index is 747. The first-order chi connectivity index (χ1) is 14.7. The zero-order chi connectivity index (χ0) is 28.1. The Balaban J connectivity index is 0. The lowest BCUT2D eigenvalue weighted by molar-refractivity contribution is -0.440. The van der Waals surface area contributed by atoms with Crippen molar-refractivity contribution in [3.63, 3.8) is 0 Å². The molecule has 2 N–H and O–H groups in total. The first kappa shape index (κ1) is 33.6. The number of halogens is 13. The Hall–Kier alpha value is -2.53. The highest BCUT2D eigenvalue weighted by atomic mass is 19.4. The van der Waals surface area contributed by atoms with Crippen molar-refractivity contribution < 1.29 is 81.6 Å². The maximum absolute atomic E-state index is 13.4. The zero-order valence-corrected chi connectivity index (χ0v) is 16.5. The van der Waals surface area contributed by atoms with Crippen molar-refractivity contribution >= 4 is 11.9 Å². The van der Waals surface area contributed by atoms with Gasteiger partial charge in [0.1, 0.15) is 6.61 Å². The van der Waals surface area contributed by atoms with Crippen molar-refractivity contribution in [1.29, 1.82) is 0 Å². The van der Waals surface area contributed by atoms with Gasteiger partial charge in [-0.2, -0.15) is 57.1 Å². The third-order valence-electron chi connectivity index (χ3n) is 3.44. The average Bonchev–Trinajstić information content (AvgIpc) is 2.64. The molecule has 0 saturated heterocycles. The second-order valence-electron chi connectivity index (χ2n) is 6.28. The smallest absolute Gasteiger partial charge is 0.460 e. The molecule has 1 atom stereocenters. The van der Waals surface area contributed by atoms with E-state index in [1.807, 2.05) is 0 Å². The van der Waals surface area contributed by atoms with Gasteiger partial charge in [0.15, 0.2) is 0 Å². The first-order valence-corrected chi connectivity index (χ1v) is 8.06. The maximum Gasteiger partial charge on any atom is 0.460 e. The topological polar surface area (TPSA) is 83.8 Å². The van der Waals surface area contributed by atoms with Crippen molar-refractivity contribution in [3.05, 3.63) is 24.8 Å². The van der Waals surface area contributed by atoms with Gasteiger partial charge in [0.25, 0.3) is 0 Å². The minimum Gasteiger partial charge on any atom is -0.478 e. The van der Waals surface area contributed by atoms with E-state index < -0.39 is 66.9 Å². The number of carbonyl (C=O) groups is 2. The number of aliphatic hydroxyl groups is 1. The van der Waals surface area contributed by atoms with E-state index in [1.54, 1.807) is 0 Å². The van der Waals surface area contributed by atoms with Gasteiger partial charge in [0.05, 0.1) is 6.10 Å². The van der Waals surface area contributed by atoms with E-state index in [9.17, 15) is 66.7 Å². The summed E-state index contributed by atoms with van der Waals surface area (Å²) in [7, 11) is 0. The van der Waals surface area contributed by atoms with Crippen LogP contribution in [0.5, 0.6) is 0 Å². The standard InChI is InChI=1S/C12H9F13O3.C4H6O2/c1-2-6(27)28-4-5(26)3-7(13,14)8(15,16)9(17,18)10(19,20)11(21,22)12(23,24)25;1-3(2)4(5)6/h2,5,26H,1,3-4H2;1H2,2H3,(H,5,6). The normalized spacial score (nSPS) is 14.4. The predicted molar refractivity (Wildman–Crippen MR) is 85.0 cm³/mol. The van der Waals surface area contributed by atoms with Crippen molar-refractivity contribution in [2.45, 2.75) is 55.2 Å². The van der Waals surface area contributed by atoms with E-state index in [4.69, 9.17) is 10.2 Å². The van der Waals surface area contributed by atoms with E-state index >= 15 is 0 Å². The Morgan fingerprint density at radius 3 is 1.50 bits per heavy atom. The Labute approximate surface area is 181 Å². The van der Waals surface area contributed by atoms with Gasteiger partial charge in [-0.25, -0.2) is 9.59 Å². The lowest BCUT2D eigenvalue weighted by Crippen LogP contribution is -2.70. The molecule has 0 saturated carbocycles. The molecule has 5 nitrogen and oxygen atoms in total. The molecule has 0 fully saturated rings. The van der Waals surface area contributed by atoms with Crippen LogP contribution in [0, 0.1) is 0 Å². The van der Waals surface area contributed by atoms with Crippen LogP contribution in [0.2, 0.25) is 0 Å². The number of hydrogen-bond acceptors (Lipinski definition) is 4. The van der Waals surface area contributed by atoms with Gasteiger partial charge in [-0.05, 0) is 6.92 Å². The summed E-state index contributed by atoms with van der Waals surface area (Å²) in [6, 6.07) is 0. The lowest BCUT2D eigenvalue weighted by atomic mass is 9.91. The highest BCUT2D eigenvalue weighted by Crippen LogP contribution is 2.60. The first-order valence-electron chi connectivity index (χ1n) is 8.06. The number of ether oxygens (including phenoxy) is 1. The largest absolute Gasteiger partial charge is 0.478 e. The molecule has 1 unspecified atom stereocenters. The number of carbonyl (C=O) groups excluding carboxylic acids is 1. The molecule has 0 aliphatic rings. The van der Waals surface area contributed by atoms with Crippen LogP contribution in [-0.4, -0.2) is 70.7 Å². The van der Waals surface area contributed by atoms with E-state index in [-0.39, 0.29) is 5.57 Å². The van der Waals surface area contributed by atoms with Crippen LogP contribution in [0.3, 0.4) is 0 Å². The fraction of sp³-hybridized carbons (Fsp3) is 0.625. The highest BCUT2D eigenvalue weighted by Gasteiger charge is 2.90. The number of aliphatic carboxylic acids is 1.